The standard InChI is InChI=1S/C22H26BN3O3/c1-21(2)22(3,4)29-23(28-21)18-10-8-17(9-11-18)20-24-15-26(25-20)14-16-6-12-19(27-5)13-7-16/h6-13,15H,14H2,1-5H3. The number of hydrogen-bond donors (Lipinski definition) is 0. The molecule has 6 nitrogen and oxygen atoms in total. The molecule has 3 aromatic rings. The fourth-order valence-electron chi connectivity index (χ4n) is 3.19. The zero-order chi connectivity index (χ0) is 20.6. The fraction of sp³-hybridized carbons (Fsp3) is 0.364. The molecule has 0 aliphatic carbocycles. The molecule has 2 aromatic carbocycles. The summed E-state index contributed by atoms with van der Waals surface area (Å²) in [4.78, 5) is 4.45. The van der Waals surface area contributed by atoms with Gasteiger partial charge in [-0.1, -0.05) is 36.4 Å². The van der Waals surface area contributed by atoms with Crippen molar-refractivity contribution in [3.63, 3.8) is 0 Å². The van der Waals surface area contributed by atoms with Gasteiger partial charge in [0.15, 0.2) is 5.82 Å². The average Bonchev–Trinajstić information content (AvgIpc) is 3.24. The molecule has 0 spiro atoms. The molecule has 1 fully saturated rings. The van der Waals surface area contributed by atoms with Crippen molar-refractivity contribution >= 4 is 12.6 Å². The van der Waals surface area contributed by atoms with Crippen LogP contribution < -0.4 is 10.2 Å². The van der Waals surface area contributed by atoms with E-state index in [-0.39, 0.29) is 18.3 Å². The topological polar surface area (TPSA) is 58.4 Å². The van der Waals surface area contributed by atoms with Gasteiger partial charge in [0.25, 0.3) is 0 Å². The van der Waals surface area contributed by atoms with E-state index in [0.29, 0.717) is 12.4 Å². The van der Waals surface area contributed by atoms with Gasteiger partial charge in [-0.05, 0) is 50.9 Å². The van der Waals surface area contributed by atoms with E-state index >= 15 is 0 Å². The molecule has 1 aliphatic heterocycles. The third kappa shape index (κ3) is 3.93. The summed E-state index contributed by atoms with van der Waals surface area (Å²) in [5.41, 5.74) is 2.39. The van der Waals surface area contributed by atoms with Crippen molar-refractivity contribution in [2.24, 2.45) is 0 Å². The number of methoxy groups -OCH3 is 1. The van der Waals surface area contributed by atoms with Crippen molar-refractivity contribution in [1.82, 2.24) is 14.8 Å². The molecule has 1 aliphatic rings. The molecule has 1 saturated heterocycles. The van der Waals surface area contributed by atoms with Gasteiger partial charge in [-0.15, -0.1) is 0 Å². The lowest BCUT2D eigenvalue weighted by Gasteiger charge is -2.32. The third-order valence-corrected chi connectivity index (χ3v) is 5.73. The van der Waals surface area contributed by atoms with Crippen LogP contribution in [0.15, 0.2) is 54.9 Å². The Labute approximate surface area is 172 Å². The Morgan fingerprint density at radius 1 is 0.931 bits per heavy atom. The largest absolute Gasteiger partial charge is 0.497 e. The van der Waals surface area contributed by atoms with Gasteiger partial charge in [-0.25, -0.2) is 9.67 Å². The van der Waals surface area contributed by atoms with Gasteiger partial charge in [0.1, 0.15) is 12.1 Å². The predicted molar refractivity (Wildman–Crippen MR) is 113 cm³/mol. The van der Waals surface area contributed by atoms with Gasteiger partial charge >= 0.3 is 7.12 Å². The Balaban J connectivity index is 1.46. The van der Waals surface area contributed by atoms with Crippen LogP contribution in [0.3, 0.4) is 0 Å². The van der Waals surface area contributed by atoms with E-state index in [1.807, 2.05) is 53.2 Å². The highest BCUT2D eigenvalue weighted by Crippen LogP contribution is 2.36. The second kappa shape index (κ2) is 7.32. The van der Waals surface area contributed by atoms with Gasteiger partial charge in [-0.3, -0.25) is 0 Å². The maximum Gasteiger partial charge on any atom is 0.494 e. The molecule has 29 heavy (non-hydrogen) atoms. The number of ether oxygens (including phenoxy) is 1. The van der Waals surface area contributed by atoms with E-state index in [9.17, 15) is 0 Å². The molecule has 0 atom stereocenters. The second-order valence-electron chi connectivity index (χ2n) is 8.32. The Morgan fingerprint density at radius 2 is 1.55 bits per heavy atom. The number of hydrogen-bond acceptors (Lipinski definition) is 5. The molecule has 150 valence electrons. The molecule has 7 heteroatoms. The minimum Gasteiger partial charge on any atom is -0.497 e. The number of rotatable bonds is 5. The molecule has 0 saturated carbocycles. The molecule has 4 rings (SSSR count). The Morgan fingerprint density at radius 3 is 2.14 bits per heavy atom. The summed E-state index contributed by atoms with van der Waals surface area (Å²) < 4.78 is 19.3. The van der Waals surface area contributed by atoms with E-state index in [1.165, 1.54) is 0 Å². The fourth-order valence-corrected chi connectivity index (χ4v) is 3.19. The van der Waals surface area contributed by atoms with Gasteiger partial charge in [-0.2, -0.15) is 5.10 Å². The third-order valence-electron chi connectivity index (χ3n) is 5.73. The Kier molecular flexibility index (Phi) is 4.96. The van der Waals surface area contributed by atoms with Crippen LogP contribution in [0.25, 0.3) is 11.4 Å². The van der Waals surface area contributed by atoms with E-state index < -0.39 is 0 Å². The molecular weight excluding hydrogens is 365 g/mol. The minimum absolute atomic E-state index is 0.349. The molecule has 0 N–H and O–H groups in total. The van der Waals surface area contributed by atoms with Crippen molar-refractivity contribution in [3.8, 4) is 17.1 Å². The average molecular weight is 391 g/mol. The van der Waals surface area contributed by atoms with E-state index in [1.54, 1.807) is 13.4 Å². The maximum absolute atomic E-state index is 6.12. The van der Waals surface area contributed by atoms with Gasteiger partial charge in [0, 0.05) is 5.56 Å². The predicted octanol–water partition coefficient (Wildman–Crippen LogP) is 3.30. The van der Waals surface area contributed by atoms with E-state index in [4.69, 9.17) is 14.0 Å². The molecular formula is C22H26BN3O3. The summed E-state index contributed by atoms with van der Waals surface area (Å²) in [7, 11) is 1.30. The molecule has 1 aromatic heterocycles. The molecule has 0 amide bonds. The Hall–Kier alpha value is -2.64. The summed E-state index contributed by atoms with van der Waals surface area (Å²) in [5, 5.41) is 4.60. The maximum atomic E-state index is 6.12. The zero-order valence-electron chi connectivity index (χ0n) is 17.5. The summed E-state index contributed by atoms with van der Waals surface area (Å²) >= 11 is 0. The molecule has 0 bridgehead atoms. The normalized spacial score (nSPS) is 17.5. The Bertz CT molecular complexity index is 965. The molecule has 2 heterocycles. The second-order valence-corrected chi connectivity index (χ2v) is 8.32. The lowest BCUT2D eigenvalue weighted by molar-refractivity contribution is 0.00578. The lowest BCUT2D eigenvalue weighted by atomic mass is 9.79. The number of nitrogens with zero attached hydrogens (tertiary/aromatic N) is 3. The summed E-state index contributed by atoms with van der Waals surface area (Å²) in [6, 6.07) is 16.0. The number of aromatic nitrogens is 3. The van der Waals surface area contributed by atoms with Crippen molar-refractivity contribution in [2.45, 2.75) is 45.4 Å². The SMILES string of the molecule is COc1ccc(Cn2cnc(-c3ccc(B4OC(C)(C)C(C)(C)O4)cc3)n2)cc1. The van der Waals surface area contributed by atoms with Crippen LogP contribution in [0, 0.1) is 0 Å². The summed E-state index contributed by atoms with van der Waals surface area (Å²) in [6.45, 7) is 8.88. The highest BCUT2D eigenvalue weighted by molar-refractivity contribution is 6.62. The first-order chi connectivity index (χ1) is 13.8. The number of benzene rings is 2. The highest BCUT2D eigenvalue weighted by atomic mass is 16.7. The minimum atomic E-state index is -0.366. The van der Waals surface area contributed by atoms with Crippen LogP contribution in [0.4, 0.5) is 0 Å². The van der Waals surface area contributed by atoms with Crippen LogP contribution in [-0.2, 0) is 15.9 Å². The van der Waals surface area contributed by atoms with E-state index in [0.717, 1.165) is 22.3 Å². The van der Waals surface area contributed by atoms with Gasteiger partial charge in [0.05, 0.1) is 24.9 Å². The lowest BCUT2D eigenvalue weighted by Crippen LogP contribution is -2.41. The van der Waals surface area contributed by atoms with Crippen molar-refractivity contribution in [2.75, 3.05) is 7.11 Å². The smallest absolute Gasteiger partial charge is 0.494 e. The van der Waals surface area contributed by atoms with Gasteiger partial charge in [0.2, 0.25) is 0 Å². The quantitative estimate of drug-likeness (QED) is 0.625. The van der Waals surface area contributed by atoms with Crippen molar-refractivity contribution in [3.05, 3.63) is 60.4 Å². The van der Waals surface area contributed by atoms with Crippen LogP contribution in [0.5, 0.6) is 5.75 Å². The van der Waals surface area contributed by atoms with E-state index in [2.05, 4.69) is 37.8 Å². The van der Waals surface area contributed by atoms with Crippen molar-refractivity contribution in [1.29, 1.82) is 0 Å². The molecule has 0 unspecified atom stereocenters. The first-order valence-electron chi connectivity index (χ1n) is 9.76. The summed E-state index contributed by atoms with van der Waals surface area (Å²) in [5.74, 6) is 1.54. The monoisotopic (exact) mass is 391 g/mol. The van der Waals surface area contributed by atoms with Crippen LogP contribution in [0.2, 0.25) is 0 Å². The van der Waals surface area contributed by atoms with Gasteiger partial charge < -0.3 is 14.0 Å². The first kappa shape index (κ1) is 19.7. The highest BCUT2D eigenvalue weighted by Gasteiger charge is 2.51. The van der Waals surface area contributed by atoms with Crippen LogP contribution in [0.1, 0.15) is 33.3 Å². The molecule has 0 radical (unpaired) electrons. The first-order valence-corrected chi connectivity index (χ1v) is 9.76. The van der Waals surface area contributed by atoms with Crippen LogP contribution in [-0.4, -0.2) is 40.2 Å². The zero-order valence-corrected chi connectivity index (χ0v) is 17.5. The van der Waals surface area contributed by atoms with Crippen molar-refractivity contribution < 1.29 is 14.0 Å². The van der Waals surface area contributed by atoms with Crippen LogP contribution >= 0.6 is 0 Å². The summed E-state index contributed by atoms with van der Waals surface area (Å²) in [6.07, 6.45) is 1.75.